The van der Waals surface area contributed by atoms with Crippen LogP contribution < -0.4 is 0 Å². The summed E-state index contributed by atoms with van der Waals surface area (Å²) in [5.41, 5.74) is 3.79. The molecule has 0 radical (unpaired) electrons. The van der Waals surface area contributed by atoms with Gasteiger partial charge >= 0.3 is 0 Å². The highest BCUT2D eigenvalue weighted by molar-refractivity contribution is 8.00. The maximum atomic E-state index is 9.65. The van der Waals surface area contributed by atoms with Crippen LogP contribution in [0.2, 0.25) is 0 Å². The molecule has 1 fully saturated rings. The number of aliphatic imine (C=N–C) groups is 1. The summed E-state index contributed by atoms with van der Waals surface area (Å²) in [6.45, 7) is 2.15. The minimum atomic E-state index is -0.103. The molecule has 25 heavy (non-hydrogen) atoms. The molecule has 0 aromatic carbocycles. The molecule has 1 aromatic rings. The van der Waals surface area contributed by atoms with Gasteiger partial charge in [0, 0.05) is 36.5 Å². The van der Waals surface area contributed by atoms with Gasteiger partial charge in [-0.1, -0.05) is 12.1 Å². The number of fused-ring (bicyclic) bond motifs is 2. The Bertz CT molecular complexity index is 863. The highest BCUT2D eigenvalue weighted by Gasteiger charge is 2.43. The second kappa shape index (κ2) is 6.20. The lowest BCUT2D eigenvalue weighted by molar-refractivity contribution is 0.138. The smallest absolute Gasteiger partial charge is 0.141 e. The molecule has 0 spiro atoms. The number of hydrogen-bond acceptors (Lipinski definition) is 5. The highest BCUT2D eigenvalue weighted by Crippen LogP contribution is 2.48. The fourth-order valence-corrected chi connectivity index (χ4v) is 3.98. The number of ether oxygens (including phenoxy) is 1. The normalized spacial score (nSPS) is 31.9. The lowest BCUT2D eigenvalue weighted by Crippen LogP contribution is -2.18. The van der Waals surface area contributed by atoms with Gasteiger partial charge in [0.1, 0.15) is 11.9 Å². The van der Waals surface area contributed by atoms with E-state index in [4.69, 9.17) is 9.73 Å². The predicted molar refractivity (Wildman–Crippen MR) is 101 cm³/mol. The van der Waals surface area contributed by atoms with Gasteiger partial charge in [-0.3, -0.25) is 9.98 Å². The number of hydrogen-bond donors (Lipinski definition) is 0. The highest BCUT2D eigenvalue weighted by atomic mass is 32.2. The van der Waals surface area contributed by atoms with Crippen LogP contribution in [0, 0.1) is 17.2 Å². The van der Waals surface area contributed by atoms with E-state index < -0.39 is 0 Å². The van der Waals surface area contributed by atoms with Crippen LogP contribution in [0.1, 0.15) is 25.3 Å². The van der Waals surface area contributed by atoms with Crippen LogP contribution in [0.3, 0.4) is 0 Å². The van der Waals surface area contributed by atoms with E-state index in [-0.39, 0.29) is 16.8 Å². The van der Waals surface area contributed by atoms with Crippen molar-refractivity contribution in [1.29, 1.82) is 5.26 Å². The van der Waals surface area contributed by atoms with E-state index in [1.807, 2.05) is 18.3 Å². The molecule has 3 unspecified atom stereocenters. The summed E-state index contributed by atoms with van der Waals surface area (Å²) in [4.78, 5) is 8.91. The van der Waals surface area contributed by atoms with Crippen molar-refractivity contribution in [3.8, 4) is 6.07 Å². The standard InChI is InChI=1S/C20H19N3OS/c1-20(25-2)6-5-17-19(23-12-20)15-8-14(9-18(15)24-17)16(10-21)13-4-3-7-22-11-13/h3-7,11-12,15,18H,8-9H2,1-2H3/b16-14-. The second-order valence-electron chi connectivity index (χ2n) is 6.73. The Balaban J connectivity index is 1.65. The van der Waals surface area contributed by atoms with E-state index in [1.54, 1.807) is 24.2 Å². The van der Waals surface area contributed by atoms with Crippen LogP contribution in [0.5, 0.6) is 0 Å². The van der Waals surface area contributed by atoms with E-state index in [0.29, 0.717) is 0 Å². The van der Waals surface area contributed by atoms with Gasteiger partial charge in [0.15, 0.2) is 0 Å². The molecule has 0 bridgehead atoms. The molecule has 5 heteroatoms. The Kier molecular flexibility index (Phi) is 4.01. The first-order valence-electron chi connectivity index (χ1n) is 8.36. The quantitative estimate of drug-likeness (QED) is 0.753. The average Bonchev–Trinajstić information content (AvgIpc) is 3.12. The first kappa shape index (κ1) is 16.2. The van der Waals surface area contributed by atoms with Crippen LogP contribution in [0.25, 0.3) is 5.57 Å². The molecule has 0 amide bonds. The first-order chi connectivity index (χ1) is 12.1. The average molecular weight is 349 g/mol. The lowest BCUT2D eigenvalue weighted by Gasteiger charge is -2.17. The topological polar surface area (TPSA) is 58.3 Å². The van der Waals surface area contributed by atoms with Crippen molar-refractivity contribution in [2.75, 3.05) is 6.26 Å². The monoisotopic (exact) mass is 349 g/mol. The molecule has 3 atom stereocenters. The van der Waals surface area contributed by atoms with Gasteiger partial charge in [0.25, 0.3) is 0 Å². The first-order valence-corrected chi connectivity index (χ1v) is 9.59. The minimum absolute atomic E-state index is 0.0838. The van der Waals surface area contributed by atoms with E-state index in [2.05, 4.69) is 36.4 Å². The van der Waals surface area contributed by atoms with Crippen LogP contribution in [0.4, 0.5) is 0 Å². The van der Waals surface area contributed by atoms with Gasteiger partial charge in [-0.15, -0.1) is 11.8 Å². The molecule has 1 aliphatic carbocycles. The number of nitriles is 1. The van der Waals surface area contributed by atoms with Crippen molar-refractivity contribution in [2.24, 2.45) is 10.9 Å². The molecule has 1 aromatic heterocycles. The molecule has 126 valence electrons. The largest absolute Gasteiger partial charge is 0.487 e. The van der Waals surface area contributed by atoms with Gasteiger partial charge in [-0.05, 0) is 37.3 Å². The molecule has 0 N–H and O–H groups in total. The molecular formula is C20H19N3OS. The van der Waals surface area contributed by atoms with Crippen molar-refractivity contribution in [3.05, 3.63) is 59.3 Å². The zero-order chi connectivity index (χ0) is 17.4. The molecule has 1 saturated carbocycles. The van der Waals surface area contributed by atoms with Crippen LogP contribution in [-0.4, -0.2) is 28.3 Å². The van der Waals surface area contributed by atoms with Crippen molar-refractivity contribution in [1.82, 2.24) is 4.98 Å². The number of allylic oxidation sites excluding steroid dienone is 2. The van der Waals surface area contributed by atoms with Gasteiger partial charge in [-0.25, -0.2) is 0 Å². The number of aromatic nitrogens is 1. The minimum Gasteiger partial charge on any atom is -0.487 e. The molecule has 2 aliphatic heterocycles. The fraction of sp³-hybridized carbons (Fsp3) is 0.350. The summed E-state index contributed by atoms with van der Waals surface area (Å²) < 4.78 is 6.08. The van der Waals surface area contributed by atoms with Gasteiger partial charge in [-0.2, -0.15) is 5.26 Å². The summed E-state index contributed by atoms with van der Waals surface area (Å²) in [5.74, 6) is 1.12. The summed E-state index contributed by atoms with van der Waals surface area (Å²) in [7, 11) is 0. The van der Waals surface area contributed by atoms with E-state index >= 15 is 0 Å². The maximum absolute atomic E-state index is 9.65. The van der Waals surface area contributed by atoms with Crippen LogP contribution in [0.15, 0.2) is 58.7 Å². The van der Waals surface area contributed by atoms with Gasteiger partial charge in [0.2, 0.25) is 0 Å². The summed E-state index contributed by atoms with van der Waals surface area (Å²) in [6.07, 6.45) is 13.5. The lowest BCUT2D eigenvalue weighted by atomic mass is 9.99. The Labute approximate surface area is 152 Å². The summed E-state index contributed by atoms with van der Waals surface area (Å²) in [5, 5.41) is 9.65. The summed E-state index contributed by atoms with van der Waals surface area (Å²) >= 11 is 1.75. The van der Waals surface area contributed by atoms with Crippen molar-refractivity contribution >= 4 is 23.5 Å². The second-order valence-corrected chi connectivity index (χ2v) is 8.02. The SMILES string of the molecule is CSC1(C)C=CC2=C(N=C1)C1C/C(=C(\C#N)c3cccnc3)CC1O2. The Morgan fingerprint density at radius 2 is 2.32 bits per heavy atom. The van der Waals surface area contributed by atoms with Crippen molar-refractivity contribution in [3.63, 3.8) is 0 Å². The van der Waals surface area contributed by atoms with Crippen molar-refractivity contribution in [2.45, 2.75) is 30.6 Å². The third-order valence-corrected chi connectivity index (χ3v) is 6.25. The van der Waals surface area contributed by atoms with Gasteiger partial charge in [0.05, 0.1) is 22.1 Å². The summed E-state index contributed by atoms with van der Waals surface area (Å²) in [6, 6.07) is 6.17. The van der Waals surface area contributed by atoms with Crippen molar-refractivity contribution < 1.29 is 4.74 Å². The Hall–Kier alpha value is -2.32. The zero-order valence-electron chi connectivity index (χ0n) is 14.3. The molecule has 4 nitrogen and oxygen atoms in total. The number of rotatable bonds is 2. The predicted octanol–water partition coefficient (Wildman–Crippen LogP) is 4.14. The zero-order valence-corrected chi connectivity index (χ0v) is 15.1. The Morgan fingerprint density at radius 3 is 3.04 bits per heavy atom. The fourth-order valence-electron chi connectivity index (χ4n) is 3.62. The van der Waals surface area contributed by atoms with E-state index in [0.717, 1.165) is 41.0 Å². The number of thioether (sulfide) groups is 1. The third-order valence-electron chi connectivity index (χ3n) is 5.13. The molecule has 3 heterocycles. The third kappa shape index (κ3) is 2.81. The maximum Gasteiger partial charge on any atom is 0.141 e. The van der Waals surface area contributed by atoms with E-state index in [1.165, 1.54) is 0 Å². The Morgan fingerprint density at radius 1 is 1.44 bits per heavy atom. The number of nitrogens with zero attached hydrogens (tertiary/aromatic N) is 3. The molecule has 4 rings (SSSR count). The molecule has 0 saturated heterocycles. The van der Waals surface area contributed by atoms with Gasteiger partial charge < -0.3 is 4.74 Å². The van der Waals surface area contributed by atoms with Crippen LogP contribution in [-0.2, 0) is 4.74 Å². The molecular weight excluding hydrogens is 330 g/mol. The molecule has 3 aliphatic rings. The van der Waals surface area contributed by atoms with E-state index in [9.17, 15) is 5.26 Å². The number of pyridine rings is 1. The van der Waals surface area contributed by atoms with Crippen LogP contribution >= 0.6 is 11.8 Å².